The molecule has 0 amide bonds. The molecule has 12 saturated carbocycles. The van der Waals surface area contributed by atoms with Crippen LogP contribution in [0.25, 0.3) is 0 Å². The molecular formula is C124H198O4. The molecule has 0 spiro atoms. The van der Waals surface area contributed by atoms with Gasteiger partial charge in [-0.3, -0.25) is 14.4 Å². The van der Waals surface area contributed by atoms with Crippen LogP contribution in [0.15, 0.2) is 215 Å². The van der Waals surface area contributed by atoms with E-state index in [9.17, 15) is 19.2 Å². The summed E-state index contributed by atoms with van der Waals surface area (Å²) in [5, 5.41) is 0. The number of fused-ring (bicyclic) bond motifs is 4. The summed E-state index contributed by atoms with van der Waals surface area (Å²) in [4.78, 5) is 43.2. The van der Waals surface area contributed by atoms with Gasteiger partial charge >= 0.3 is 0 Å². The van der Waals surface area contributed by atoms with Gasteiger partial charge in [-0.05, 0) is 412 Å². The molecule has 0 radical (unpaired) electrons. The van der Waals surface area contributed by atoms with Gasteiger partial charge in [0.05, 0.1) is 0 Å². The first-order valence-electron chi connectivity index (χ1n) is 49.0. The maximum atomic E-state index is 11.4. The molecule has 0 bridgehead atoms. The van der Waals surface area contributed by atoms with E-state index in [1.54, 1.807) is 34.4 Å². The molecule has 0 heterocycles. The Morgan fingerprint density at radius 3 is 0.875 bits per heavy atom. The molecule has 0 N–H and O–H groups in total. The van der Waals surface area contributed by atoms with Crippen molar-refractivity contribution < 1.29 is 19.2 Å². The molecule has 12 aliphatic carbocycles. The van der Waals surface area contributed by atoms with Crippen molar-refractivity contribution in [3.63, 3.8) is 0 Å². The van der Waals surface area contributed by atoms with Crippen molar-refractivity contribution in [2.24, 2.45) is 140 Å². The summed E-state index contributed by atoms with van der Waals surface area (Å²) >= 11 is 0. The van der Waals surface area contributed by atoms with E-state index < -0.39 is 0 Å². The Balaban J connectivity index is 0.00000157. The van der Waals surface area contributed by atoms with E-state index in [2.05, 4.69) is 228 Å². The van der Waals surface area contributed by atoms with E-state index in [-0.39, 0.29) is 50.5 Å². The van der Waals surface area contributed by atoms with Crippen LogP contribution in [0, 0.1) is 164 Å². The highest BCUT2D eigenvalue weighted by Gasteiger charge is 2.54. The lowest BCUT2D eigenvalue weighted by Gasteiger charge is -2.44. The van der Waals surface area contributed by atoms with E-state index in [4.69, 9.17) is 0 Å². The van der Waals surface area contributed by atoms with Gasteiger partial charge < -0.3 is 4.79 Å². The molecule has 4 heteroatoms. The Labute approximate surface area is 794 Å². The summed E-state index contributed by atoms with van der Waals surface area (Å²) in [7, 11) is 0. The van der Waals surface area contributed by atoms with Gasteiger partial charge in [0.1, 0.15) is 18.9 Å². The number of hydrogen-bond donors (Lipinski definition) is 0. The zero-order valence-electron chi connectivity index (χ0n) is 81.7. The van der Waals surface area contributed by atoms with E-state index in [1.807, 2.05) is 84.1 Å². The first-order chi connectivity index (χ1) is 58.2. The molecule has 4 nitrogen and oxygen atoms in total. The summed E-state index contributed by atoms with van der Waals surface area (Å²) in [6.45, 7) is 66.9. The highest BCUT2D eigenvalue weighted by Crippen LogP contribution is 2.64. The van der Waals surface area contributed by atoms with E-state index in [1.165, 1.54) is 231 Å². The second-order valence-corrected chi connectivity index (χ2v) is 41.6. The lowest BCUT2D eigenvalue weighted by molar-refractivity contribution is -0.113. The summed E-state index contributed by atoms with van der Waals surface area (Å²) in [6.07, 6.45) is 82.3. The second kappa shape index (κ2) is 59.6. The van der Waals surface area contributed by atoms with E-state index in [0.717, 1.165) is 54.4 Å². The number of carbonyl (C=O) groups is 4. The molecule has 0 aromatic rings. The van der Waals surface area contributed by atoms with Crippen LogP contribution in [0.5, 0.6) is 0 Å². The van der Waals surface area contributed by atoms with Gasteiger partial charge in [-0.25, -0.2) is 0 Å². The first-order valence-corrected chi connectivity index (χ1v) is 49.0. The zero-order chi connectivity index (χ0) is 90.1. The van der Waals surface area contributed by atoms with Crippen LogP contribution in [0.2, 0.25) is 0 Å². The van der Waals surface area contributed by atoms with Crippen molar-refractivity contribution in [3.05, 3.63) is 215 Å². The molecule has 0 aromatic heterocycles. The first kappa shape index (κ1) is 121. The van der Waals surface area contributed by atoms with E-state index in [0.29, 0.717) is 98.6 Å². The Morgan fingerprint density at radius 2 is 0.617 bits per heavy atom. The minimum atomic E-state index is 0. The van der Waals surface area contributed by atoms with Gasteiger partial charge in [-0.1, -0.05) is 319 Å². The lowest BCUT2D eigenvalue weighted by atomic mass is 9.61. The van der Waals surface area contributed by atoms with Crippen LogP contribution < -0.4 is 0 Å². The molecule has 0 aliphatic heterocycles. The van der Waals surface area contributed by atoms with Crippen molar-refractivity contribution in [2.75, 3.05) is 0 Å². The van der Waals surface area contributed by atoms with Crippen molar-refractivity contribution in [1.29, 1.82) is 0 Å². The predicted molar refractivity (Wildman–Crippen MR) is 570 cm³/mol. The normalized spacial score (nSPS) is 35.6. The average Bonchev–Trinajstić information content (AvgIpc) is 1.62. The number of hydrogen-bond acceptors (Lipinski definition) is 4. The van der Waals surface area contributed by atoms with Crippen LogP contribution in [-0.2, 0) is 19.2 Å². The van der Waals surface area contributed by atoms with Gasteiger partial charge in [0.2, 0.25) is 0 Å². The second-order valence-electron chi connectivity index (χ2n) is 41.6. The fourth-order valence-electron chi connectivity index (χ4n) is 26.1. The van der Waals surface area contributed by atoms with Crippen LogP contribution in [0.1, 0.15) is 377 Å². The smallest absolute Gasteiger partial charge is 0.192 e. The minimum absolute atomic E-state index is 0. The summed E-state index contributed by atoms with van der Waals surface area (Å²) < 4.78 is 0. The monoisotopic (exact) mass is 1750 g/mol. The van der Waals surface area contributed by atoms with Gasteiger partial charge in [0.25, 0.3) is 0 Å². The topological polar surface area (TPSA) is 68.3 Å². The van der Waals surface area contributed by atoms with Crippen molar-refractivity contribution >= 4 is 25.1 Å². The van der Waals surface area contributed by atoms with Gasteiger partial charge in [-0.2, -0.15) is 0 Å². The van der Waals surface area contributed by atoms with Gasteiger partial charge in [0, 0.05) is 11.8 Å². The minimum Gasteiger partial charge on any atom is -0.303 e. The Bertz CT molecular complexity index is 4050. The molecule has 0 saturated heterocycles. The van der Waals surface area contributed by atoms with Crippen LogP contribution in [0.4, 0.5) is 0 Å². The predicted octanol–water partition coefficient (Wildman–Crippen LogP) is 36.3. The maximum Gasteiger partial charge on any atom is 0.192 e. The maximum absolute atomic E-state index is 11.4. The van der Waals surface area contributed by atoms with Gasteiger partial charge in [0.15, 0.2) is 6.29 Å². The summed E-state index contributed by atoms with van der Waals surface area (Å²) in [5.41, 5.74) is 19.5. The van der Waals surface area contributed by atoms with Crippen LogP contribution >= 0.6 is 0 Å². The van der Waals surface area contributed by atoms with Crippen molar-refractivity contribution in [3.8, 4) is 23.7 Å². The van der Waals surface area contributed by atoms with Crippen LogP contribution in [0.3, 0.4) is 0 Å². The number of rotatable bonds is 15. The molecule has 718 valence electrons. The highest BCUT2D eigenvalue weighted by atomic mass is 16.1. The molecule has 12 rings (SSSR count). The molecule has 128 heavy (non-hydrogen) atoms. The summed E-state index contributed by atoms with van der Waals surface area (Å²) in [5.74, 6) is 23.7. The molecule has 4 unspecified atom stereocenters. The largest absolute Gasteiger partial charge is 0.303 e. The van der Waals surface area contributed by atoms with Gasteiger partial charge in [-0.15, -0.1) is 11.8 Å². The zero-order valence-corrected chi connectivity index (χ0v) is 81.7. The lowest BCUT2D eigenvalue weighted by Crippen LogP contribution is -2.36. The Morgan fingerprint density at radius 1 is 0.344 bits per heavy atom. The Hall–Kier alpha value is -6.88. The fourth-order valence-corrected chi connectivity index (χ4v) is 26.1. The molecule has 12 aliphatic rings. The quantitative estimate of drug-likeness (QED) is 0.0539. The van der Waals surface area contributed by atoms with Crippen LogP contribution in [-0.4, -0.2) is 25.1 Å². The fraction of sp³-hybridized carbons (Fsp3) is 0.645. The third kappa shape index (κ3) is 32.5. The van der Waals surface area contributed by atoms with Crippen molar-refractivity contribution in [1.82, 2.24) is 0 Å². The molecule has 12 fully saturated rings. The molecule has 0 aromatic carbocycles. The third-order valence-corrected chi connectivity index (χ3v) is 32.9. The van der Waals surface area contributed by atoms with Crippen molar-refractivity contribution in [2.45, 2.75) is 377 Å². The number of aldehydes is 4. The number of allylic oxidation sites excluding steroid dienone is 32. The number of carbonyl (C=O) groups excluding carboxylic acids is 4. The SMILES string of the molecule is C.C.C.C.C.C.C=C1/C(=C\C=C2/CCC[C@]3(C)[C@@H](C(C)/C=C/C=C/C=O)CC[C@@H]23)C[C@@H](C)C[C@@H]1C.C=C1/C(=C\C=C2/CCC[C@]3(C)[C@@H](C(C)/C=C/C=O)CC[C@@H]23)C[C@@H](C)C[C@@H]1C.C=C1/C(=C\C=C2/CCC[C@]3(C)[C@@H](C(C)C#CC=O)CC[C@@H]23)C[C@@H](C)C[C@@H]1C.C=C1/C(=C\C=C2/CCC[C@]3(C)[C@@H](C(C)C=O)CC[C@@H]23)C[C@@H](C)C[C@@H]1C.CC#CC.CC=CC.CC=CC=CC. The highest BCUT2D eigenvalue weighted by molar-refractivity contribution is 5.72. The third-order valence-electron chi connectivity index (χ3n) is 32.9. The summed E-state index contributed by atoms with van der Waals surface area (Å²) in [6, 6.07) is 0. The Kier molecular flexibility index (Phi) is 56.4. The molecule has 24 atom stereocenters. The molecular weight excluding hydrogens is 1550 g/mol. The average molecular weight is 1750 g/mol. The standard InChI is InChI=1S/C28H40O.C26H38O.C26H36O.C24H36O.C6H10.C4H8.C4H6.6CH4/c1-20-18-22(3)23(4)25(19-20)13-12-24-11-9-16-28(5)26(14-15-27(24)28)21(2)10-7-6-8-17-29;2*1-18-16-20(3)21(4)23(17-18)11-10-22-9-6-14-26(5)24(12-13-25(22)26)19(2)8-7-15-27;1-16-13-17(2)19(4)21(14-16)9-8-20-7-6-12-24(5)22(18(3)15-25)10-11-23(20)24;1-3-5-6-4-2;2*1-3-4-2;;;;;;/h6-8,10,12-13,17,20-22,26-27H,4,9,11,14-16,18-19H2,1-3,5H3;7-8,10-11,15,18-20,24-25H,4,6,9,12-14,16-17H2,1-3,5H3;10-11,15,18-20,24-25H,4,6,9,12-14,16-17H2,1-3,5H3;8-9,15-18,22-23H,4,6-7,10-14H2,1-3,5H3;3-6H,1-2H3;3-4H,1-2H3;1-2H3;6*1H4/b8-6+,10-7+,24-12+,25-13-;8-7+,22-10+,23-11-;22-10+,23-11-;20-8+,21-9-;;;;;;;;;/t20-,21?,22-,26+,27-,28+;2*18-,19?,20-,24+,25-,26+;16-,17-,18?,22+,23-,24+;;;;;;;;;/m0000........./s1. The van der Waals surface area contributed by atoms with E-state index >= 15 is 0 Å².